The van der Waals surface area contributed by atoms with Crippen molar-refractivity contribution in [3.05, 3.63) is 18.2 Å². The van der Waals surface area contributed by atoms with Gasteiger partial charge in [0.15, 0.2) is 11.5 Å². The van der Waals surface area contributed by atoms with Gasteiger partial charge in [-0.3, -0.25) is 0 Å². The molecule has 17 heavy (non-hydrogen) atoms. The first-order valence-electron chi connectivity index (χ1n) is 5.96. The quantitative estimate of drug-likeness (QED) is 0.839. The van der Waals surface area contributed by atoms with Gasteiger partial charge in [0.25, 0.3) is 0 Å². The van der Waals surface area contributed by atoms with E-state index < -0.39 is 0 Å². The zero-order valence-corrected chi connectivity index (χ0v) is 10.8. The Labute approximate surface area is 106 Å². The van der Waals surface area contributed by atoms with Gasteiger partial charge in [0, 0.05) is 17.1 Å². The average Bonchev–Trinajstić information content (AvgIpc) is 2.53. The lowest BCUT2D eigenvalue weighted by Gasteiger charge is -2.09. The molecule has 0 fully saturated rings. The summed E-state index contributed by atoms with van der Waals surface area (Å²) in [5, 5.41) is 9.20. The Morgan fingerprint density at radius 1 is 1.29 bits per heavy atom. The lowest BCUT2D eigenvalue weighted by Crippen LogP contribution is -2.00. The SMILES string of the molecule is CC(O)CCSc1ccc2c(c1)OCCCO2. The standard InChI is InChI=1S/C13H18O3S/c1-10(14)5-8-17-11-3-4-12-13(9-11)16-7-2-6-15-12/h3-4,9-10,14H,2,5-8H2,1H3. The number of benzene rings is 1. The summed E-state index contributed by atoms with van der Waals surface area (Å²) in [6, 6.07) is 6.03. The van der Waals surface area contributed by atoms with Crippen molar-refractivity contribution < 1.29 is 14.6 Å². The van der Waals surface area contributed by atoms with E-state index in [1.54, 1.807) is 11.8 Å². The minimum atomic E-state index is -0.233. The van der Waals surface area contributed by atoms with Crippen LogP contribution in [0.2, 0.25) is 0 Å². The van der Waals surface area contributed by atoms with Gasteiger partial charge >= 0.3 is 0 Å². The maximum Gasteiger partial charge on any atom is 0.162 e. The Hall–Kier alpha value is -0.870. The van der Waals surface area contributed by atoms with Gasteiger partial charge in [0.1, 0.15) is 0 Å². The van der Waals surface area contributed by atoms with Crippen LogP contribution in [0.5, 0.6) is 11.5 Å². The van der Waals surface area contributed by atoms with Crippen LogP contribution in [0.1, 0.15) is 19.8 Å². The summed E-state index contributed by atoms with van der Waals surface area (Å²) in [6.45, 7) is 3.25. The number of thioether (sulfide) groups is 1. The van der Waals surface area contributed by atoms with Crippen LogP contribution in [0.15, 0.2) is 23.1 Å². The van der Waals surface area contributed by atoms with E-state index >= 15 is 0 Å². The molecule has 1 atom stereocenters. The van der Waals surface area contributed by atoms with Crippen LogP contribution in [0.4, 0.5) is 0 Å². The molecule has 4 heteroatoms. The lowest BCUT2D eigenvalue weighted by atomic mass is 10.3. The second-order valence-electron chi connectivity index (χ2n) is 4.15. The fraction of sp³-hybridized carbons (Fsp3) is 0.538. The predicted octanol–water partition coefficient (Wildman–Crippen LogP) is 2.71. The number of aliphatic hydroxyl groups excluding tert-OH is 1. The highest BCUT2D eigenvalue weighted by molar-refractivity contribution is 7.99. The third kappa shape index (κ3) is 3.82. The highest BCUT2D eigenvalue weighted by atomic mass is 32.2. The molecule has 2 rings (SSSR count). The molecule has 3 nitrogen and oxygen atoms in total. The maximum absolute atomic E-state index is 9.20. The van der Waals surface area contributed by atoms with E-state index in [4.69, 9.17) is 9.47 Å². The van der Waals surface area contributed by atoms with Crippen molar-refractivity contribution in [1.82, 2.24) is 0 Å². The molecule has 1 aromatic carbocycles. The first kappa shape index (κ1) is 12.6. The Balaban J connectivity index is 1.97. The molecule has 0 aliphatic carbocycles. The monoisotopic (exact) mass is 254 g/mol. The summed E-state index contributed by atoms with van der Waals surface area (Å²) in [6.07, 6.45) is 1.50. The third-order valence-corrected chi connectivity index (χ3v) is 3.55. The summed E-state index contributed by atoms with van der Waals surface area (Å²) < 4.78 is 11.2. The molecule has 1 aliphatic rings. The number of rotatable bonds is 4. The van der Waals surface area contributed by atoms with Gasteiger partial charge in [0.05, 0.1) is 19.3 Å². The Morgan fingerprint density at radius 2 is 2.06 bits per heavy atom. The van der Waals surface area contributed by atoms with Crippen molar-refractivity contribution in [2.45, 2.75) is 30.8 Å². The molecule has 0 spiro atoms. The normalized spacial score (nSPS) is 16.4. The summed E-state index contributed by atoms with van der Waals surface area (Å²) >= 11 is 1.73. The zero-order valence-electron chi connectivity index (χ0n) is 10.0. The van der Waals surface area contributed by atoms with E-state index in [-0.39, 0.29) is 6.10 Å². The zero-order chi connectivity index (χ0) is 12.1. The maximum atomic E-state index is 9.20. The largest absolute Gasteiger partial charge is 0.490 e. The number of aliphatic hydroxyl groups is 1. The van der Waals surface area contributed by atoms with Crippen LogP contribution in [-0.4, -0.2) is 30.2 Å². The molecule has 1 aromatic rings. The Bertz CT molecular complexity index is 366. The molecular weight excluding hydrogens is 236 g/mol. The summed E-state index contributed by atoms with van der Waals surface area (Å²) in [7, 11) is 0. The smallest absolute Gasteiger partial charge is 0.162 e. The predicted molar refractivity (Wildman–Crippen MR) is 69.1 cm³/mol. The average molecular weight is 254 g/mol. The van der Waals surface area contributed by atoms with Crippen LogP contribution in [0.25, 0.3) is 0 Å². The molecule has 1 N–H and O–H groups in total. The molecule has 0 aromatic heterocycles. The number of hydrogen-bond donors (Lipinski definition) is 1. The molecule has 0 saturated heterocycles. The topological polar surface area (TPSA) is 38.7 Å². The van der Waals surface area contributed by atoms with Crippen molar-refractivity contribution in [3.63, 3.8) is 0 Å². The number of fused-ring (bicyclic) bond motifs is 1. The molecule has 1 unspecified atom stereocenters. The fourth-order valence-electron chi connectivity index (χ4n) is 1.58. The first-order chi connectivity index (χ1) is 8.25. The van der Waals surface area contributed by atoms with Crippen LogP contribution in [-0.2, 0) is 0 Å². The minimum Gasteiger partial charge on any atom is -0.490 e. The molecule has 1 aliphatic heterocycles. The van der Waals surface area contributed by atoms with Gasteiger partial charge in [-0.15, -0.1) is 11.8 Å². The van der Waals surface area contributed by atoms with E-state index in [0.29, 0.717) is 0 Å². The summed E-state index contributed by atoms with van der Waals surface area (Å²) in [5.74, 6) is 2.59. The van der Waals surface area contributed by atoms with Gasteiger partial charge in [-0.05, 0) is 31.5 Å². The van der Waals surface area contributed by atoms with Crippen molar-refractivity contribution in [2.75, 3.05) is 19.0 Å². The van der Waals surface area contributed by atoms with Crippen molar-refractivity contribution in [3.8, 4) is 11.5 Å². The lowest BCUT2D eigenvalue weighted by molar-refractivity contribution is 0.192. The Kier molecular flexibility index (Phi) is 4.57. The van der Waals surface area contributed by atoms with Crippen molar-refractivity contribution in [2.24, 2.45) is 0 Å². The number of ether oxygens (including phenoxy) is 2. The van der Waals surface area contributed by atoms with Crippen LogP contribution >= 0.6 is 11.8 Å². The Morgan fingerprint density at radius 3 is 2.82 bits per heavy atom. The van der Waals surface area contributed by atoms with Crippen molar-refractivity contribution in [1.29, 1.82) is 0 Å². The van der Waals surface area contributed by atoms with E-state index in [9.17, 15) is 5.11 Å². The highest BCUT2D eigenvalue weighted by Gasteiger charge is 2.10. The summed E-state index contributed by atoms with van der Waals surface area (Å²) in [5.41, 5.74) is 0. The molecular formula is C13H18O3S. The third-order valence-electron chi connectivity index (χ3n) is 2.52. The van der Waals surface area contributed by atoms with E-state index in [1.165, 1.54) is 0 Å². The van der Waals surface area contributed by atoms with Crippen molar-refractivity contribution >= 4 is 11.8 Å². The molecule has 0 radical (unpaired) electrons. The van der Waals surface area contributed by atoms with Gasteiger partial charge in [-0.25, -0.2) is 0 Å². The summed E-state index contributed by atoms with van der Waals surface area (Å²) in [4.78, 5) is 1.16. The highest BCUT2D eigenvalue weighted by Crippen LogP contribution is 2.34. The van der Waals surface area contributed by atoms with Gasteiger partial charge in [0.2, 0.25) is 0 Å². The minimum absolute atomic E-state index is 0.233. The molecule has 0 bridgehead atoms. The number of hydrogen-bond acceptors (Lipinski definition) is 4. The first-order valence-corrected chi connectivity index (χ1v) is 6.95. The van der Waals surface area contributed by atoms with Gasteiger partial charge in [-0.1, -0.05) is 0 Å². The fourth-order valence-corrected chi connectivity index (χ4v) is 2.63. The molecule has 0 amide bonds. The van der Waals surface area contributed by atoms with E-state index in [2.05, 4.69) is 0 Å². The second-order valence-corrected chi connectivity index (χ2v) is 5.31. The molecule has 0 saturated carbocycles. The van der Waals surface area contributed by atoms with Crippen LogP contribution in [0.3, 0.4) is 0 Å². The van der Waals surface area contributed by atoms with Gasteiger partial charge in [-0.2, -0.15) is 0 Å². The molecule has 1 heterocycles. The van der Waals surface area contributed by atoms with E-state index in [1.807, 2.05) is 25.1 Å². The van der Waals surface area contributed by atoms with Crippen LogP contribution < -0.4 is 9.47 Å². The molecule has 94 valence electrons. The van der Waals surface area contributed by atoms with Crippen LogP contribution in [0, 0.1) is 0 Å². The second kappa shape index (κ2) is 6.17. The van der Waals surface area contributed by atoms with E-state index in [0.717, 1.165) is 48.2 Å². The van der Waals surface area contributed by atoms with Gasteiger partial charge < -0.3 is 14.6 Å².